The average Bonchev–Trinajstić information content (AvgIpc) is 2.32. The van der Waals surface area contributed by atoms with Crippen molar-refractivity contribution >= 4 is 23.2 Å². The number of amides is 1. The Hall–Kier alpha value is -1.29. The number of likely N-dealkylation sites (N-methyl/N-ethyl adjacent to an activating group) is 1. The Labute approximate surface area is 106 Å². The van der Waals surface area contributed by atoms with Crippen LogP contribution in [0.1, 0.15) is 13.8 Å². The van der Waals surface area contributed by atoms with Crippen LogP contribution in [0.4, 0.5) is 10.1 Å². The van der Waals surface area contributed by atoms with Gasteiger partial charge in [0, 0.05) is 18.8 Å². The standard InChI is InChI=1S/C12H16ClFN2O/c1-3-16(4-2)12(17)8-15-9-5-6-11(14)10(13)7-9/h5-7,15H,3-4,8H2,1-2H3. The van der Waals surface area contributed by atoms with Crippen LogP contribution in [0.2, 0.25) is 5.02 Å². The predicted molar refractivity (Wildman–Crippen MR) is 67.8 cm³/mol. The summed E-state index contributed by atoms with van der Waals surface area (Å²) < 4.78 is 12.9. The van der Waals surface area contributed by atoms with Gasteiger partial charge in [-0.25, -0.2) is 4.39 Å². The van der Waals surface area contributed by atoms with Crippen LogP contribution in [0.5, 0.6) is 0 Å². The fourth-order valence-electron chi connectivity index (χ4n) is 1.47. The molecule has 0 atom stereocenters. The molecule has 0 radical (unpaired) electrons. The summed E-state index contributed by atoms with van der Waals surface area (Å²) in [5.74, 6) is -0.456. The molecule has 0 aliphatic heterocycles. The van der Waals surface area contributed by atoms with Crippen LogP contribution in [0, 0.1) is 5.82 Å². The number of benzene rings is 1. The van der Waals surface area contributed by atoms with Gasteiger partial charge >= 0.3 is 0 Å². The second-order valence-corrected chi connectivity index (χ2v) is 3.96. The molecule has 5 heteroatoms. The topological polar surface area (TPSA) is 32.3 Å². The van der Waals surface area contributed by atoms with Crippen molar-refractivity contribution in [3.05, 3.63) is 29.0 Å². The molecule has 1 N–H and O–H groups in total. The van der Waals surface area contributed by atoms with E-state index in [1.165, 1.54) is 12.1 Å². The molecule has 1 aromatic rings. The Kier molecular flexibility index (Phi) is 5.22. The lowest BCUT2D eigenvalue weighted by atomic mass is 10.3. The molecule has 0 unspecified atom stereocenters. The zero-order valence-electron chi connectivity index (χ0n) is 9.96. The maximum absolute atomic E-state index is 12.9. The van der Waals surface area contributed by atoms with Crippen LogP contribution in [0.25, 0.3) is 0 Å². The van der Waals surface area contributed by atoms with Crippen LogP contribution < -0.4 is 5.32 Å². The molecule has 3 nitrogen and oxygen atoms in total. The number of nitrogens with one attached hydrogen (secondary N) is 1. The Morgan fingerprint density at radius 2 is 2.06 bits per heavy atom. The Bertz CT molecular complexity index is 394. The van der Waals surface area contributed by atoms with E-state index in [2.05, 4.69) is 5.32 Å². The second-order valence-electron chi connectivity index (χ2n) is 3.55. The third-order valence-corrected chi connectivity index (χ3v) is 2.77. The maximum Gasteiger partial charge on any atom is 0.241 e. The highest BCUT2D eigenvalue weighted by atomic mass is 35.5. The molecule has 1 amide bonds. The van der Waals surface area contributed by atoms with Gasteiger partial charge in [0.2, 0.25) is 5.91 Å². The van der Waals surface area contributed by atoms with E-state index in [4.69, 9.17) is 11.6 Å². The molecule has 0 heterocycles. The molecule has 0 fully saturated rings. The summed E-state index contributed by atoms with van der Waals surface area (Å²) in [6, 6.07) is 4.29. The van der Waals surface area contributed by atoms with Crippen LogP contribution in [0.15, 0.2) is 18.2 Å². The van der Waals surface area contributed by atoms with Crippen molar-refractivity contribution in [1.82, 2.24) is 4.90 Å². The lowest BCUT2D eigenvalue weighted by molar-refractivity contribution is -0.128. The molecule has 0 aliphatic carbocycles. The first-order chi connectivity index (χ1) is 8.08. The van der Waals surface area contributed by atoms with Gasteiger partial charge in [-0.05, 0) is 32.0 Å². The number of carbonyl (C=O) groups is 1. The van der Waals surface area contributed by atoms with Gasteiger partial charge in [-0.2, -0.15) is 0 Å². The fourth-order valence-corrected chi connectivity index (χ4v) is 1.65. The van der Waals surface area contributed by atoms with Gasteiger partial charge < -0.3 is 10.2 Å². The van der Waals surface area contributed by atoms with Crippen molar-refractivity contribution in [1.29, 1.82) is 0 Å². The smallest absolute Gasteiger partial charge is 0.241 e. The molecule has 1 rings (SSSR count). The van der Waals surface area contributed by atoms with Gasteiger partial charge in [0.05, 0.1) is 11.6 Å². The molecule has 0 spiro atoms. The third kappa shape index (κ3) is 3.89. The summed E-state index contributed by atoms with van der Waals surface area (Å²) in [7, 11) is 0. The van der Waals surface area contributed by atoms with E-state index < -0.39 is 5.82 Å². The maximum atomic E-state index is 12.9. The van der Waals surface area contributed by atoms with E-state index >= 15 is 0 Å². The minimum atomic E-state index is -0.465. The second kappa shape index (κ2) is 6.45. The first-order valence-electron chi connectivity index (χ1n) is 5.55. The lowest BCUT2D eigenvalue weighted by Crippen LogP contribution is -2.35. The Morgan fingerprint density at radius 1 is 1.41 bits per heavy atom. The van der Waals surface area contributed by atoms with E-state index in [1.54, 1.807) is 11.0 Å². The number of nitrogens with zero attached hydrogens (tertiary/aromatic N) is 1. The Morgan fingerprint density at radius 3 is 2.59 bits per heavy atom. The minimum absolute atomic E-state index is 0.00967. The van der Waals surface area contributed by atoms with Crippen molar-refractivity contribution in [3.63, 3.8) is 0 Å². The fraction of sp³-hybridized carbons (Fsp3) is 0.417. The third-order valence-electron chi connectivity index (χ3n) is 2.48. The van der Waals surface area contributed by atoms with Crippen LogP contribution in [-0.4, -0.2) is 30.4 Å². The highest BCUT2D eigenvalue weighted by molar-refractivity contribution is 6.31. The SMILES string of the molecule is CCN(CC)C(=O)CNc1ccc(F)c(Cl)c1. The van der Waals surface area contributed by atoms with Crippen molar-refractivity contribution < 1.29 is 9.18 Å². The summed E-state index contributed by atoms with van der Waals surface area (Å²) in [6.45, 7) is 5.40. The normalized spacial score (nSPS) is 10.1. The summed E-state index contributed by atoms with van der Waals surface area (Å²) in [4.78, 5) is 13.4. The molecule has 0 saturated heterocycles. The number of rotatable bonds is 5. The van der Waals surface area contributed by atoms with E-state index in [-0.39, 0.29) is 17.5 Å². The quantitative estimate of drug-likeness (QED) is 0.881. The number of hydrogen-bond donors (Lipinski definition) is 1. The van der Waals surface area contributed by atoms with Crippen molar-refractivity contribution in [2.75, 3.05) is 25.0 Å². The van der Waals surface area contributed by atoms with Gasteiger partial charge in [-0.1, -0.05) is 11.6 Å². The van der Waals surface area contributed by atoms with Gasteiger partial charge in [0.1, 0.15) is 5.82 Å². The van der Waals surface area contributed by atoms with Gasteiger partial charge in [-0.15, -0.1) is 0 Å². The molecular weight excluding hydrogens is 243 g/mol. The van der Waals surface area contributed by atoms with Crippen molar-refractivity contribution in [2.24, 2.45) is 0 Å². The predicted octanol–water partition coefficient (Wildman–Crippen LogP) is 2.76. The lowest BCUT2D eigenvalue weighted by Gasteiger charge is -2.19. The van der Waals surface area contributed by atoms with E-state index in [1.807, 2.05) is 13.8 Å². The van der Waals surface area contributed by atoms with E-state index in [9.17, 15) is 9.18 Å². The molecule has 0 aromatic heterocycles. The monoisotopic (exact) mass is 258 g/mol. The molecule has 0 bridgehead atoms. The molecular formula is C12H16ClFN2O. The molecule has 0 aliphatic rings. The summed E-state index contributed by atoms with van der Waals surface area (Å²) in [5, 5.41) is 2.97. The van der Waals surface area contributed by atoms with Crippen molar-refractivity contribution in [3.8, 4) is 0 Å². The average molecular weight is 259 g/mol. The number of carbonyl (C=O) groups excluding carboxylic acids is 1. The van der Waals surface area contributed by atoms with Gasteiger partial charge in [0.15, 0.2) is 0 Å². The zero-order chi connectivity index (χ0) is 12.8. The van der Waals surface area contributed by atoms with Crippen LogP contribution >= 0.6 is 11.6 Å². The number of anilines is 1. The summed E-state index contributed by atoms with van der Waals surface area (Å²) in [6.07, 6.45) is 0. The Balaban J connectivity index is 2.55. The number of halogens is 2. The molecule has 1 aromatic carbocycles. The highest BCUT2D eigenvalue weighted by Crippen LogP contribution is 2.19. The largest absolute Gasteiger partial charge is 0.376 e. The van der Waals surface area contributed by atoms with Gasteiger partial charge in [0.25, 0.3) is 0 Å². The summed E-state index contributed by atoms with van der Waals surface area (Å²) in [5.41, 5.74) is 0.636. The first-order valence-corrected chi connectivity index (χ1v) is 5.93. The van der Waals surface area contributed by atoms with E-state index in [0.29, 0.717) is 18.8 Å². The van der Waals surface area contributed by atoms with E-state index in [0.717, 1.165) is 0 Å². The minimum Gasteiger partial charge on any atom is -0.376 e. The van der Waals surface area contributed by atoms with Crippen LogP contribution in [-0.2, 0) is 4.79 Å². The van der Waals surface area contributed by atoms with Gasteiger partial charge in [-0.3, -0.25) is 4.79 Å². The summed E-state index contributed by atoms with van der Waals surface area (Å²) >= 11 is 5.64. The molecule has 0 saturated carbocycles. The van der Waals surface area contributed by atoms with Crippen LogP contribution in [0.3, 0.4) is 0 Å². The zero-order valence-corrected chi connectivity index (χ0v) is 10.7. The highest BCUT2D eigenvalue weighted by Gasteiger charge is 2.09. The molecule has 17 heavy (non-hydrogen) atoms. The van der Waals surface area contributed by atoms with Crippen molar-refractivity contribution in [2.45, 2.75) is 13.8 Å². The number of hydrogen-bond acceptors (Lipinski definition) is 2. The first kappa shape index (κ1) is 13.8. The molecule has 94 valence electrons.